The largest absolute Gasteiger partial charge is 0.381 e. The Morgan fingerprint density at radius 3 is 2.28 bits per heavy atom. The fourth-order valence-electron chi connectivity index (χ4n) is 1.83. The minimum atomic E-state index is -1.03. The number of benzene rings is 2. The van der Waals surface area contributed by atoms with Crippen LogP contribution in [0.2, 0.25) is 0 Å². The van der Waals surface area contributed by atoms with Crippen molar-refractivity contribution in [3.8, 4) is 0 Å². The van der Waals surface area contributed by atoms with Gasteiger partial charge in [-0.1, -0.05) is 60.2 Å². The number of rotatable bonds is 4. The summed E-state index contributed by atoms with van der Waals surface area (Å²) in [6, 6.07) is 16.8. The van der Waals surface area contributed by atoms with Gasteiger partial charge in [0.05, 0.1) is 0 Å². The highest BCUT2D eigenvalue weighted by molar-refractivity contribution is 5.86. The van der Waals surface area contributed by atoms with Crippen molar-refractivity contribution in [3.63, 3.8) is 0 Å². The SMILES string of the molecule is Cc1ccc(CC(=O)C(O)c2ccccc2)cc1. The van der Waals surface area contributed by atoms with Crippen LogP contribution in [0.5, 0.6) is 0 Å². The van der Waals surface area contributed by atoms with Gasteiger partial charge in [-0.15, -0.1) is 0 Å². The molecule has 2 rings (SSSR count). The zero-order valence-electron chi connectivity index (χ0n) is 10.3. The topological polar surface area (TPSA) is 37.3 Å². The fourth-order valence-corrected chi connectivity index (χ4v) is 1.83. The number of Topliss-reactive ketones (excluding diaryl/α,β-unsaturated/α-hetero) is 1. The number of aliphatic hydroxyl groups is 1. The molecule has 2 aromatic carbocycles. The molecular formula is C16H16O2. The average molecular weight is 240 g/mol. The lowest BCUT2D eigenvalue weighted by Crippen LogP contribution is -2.14. The maximum Gasteiger partial charge on any atom is 0.170 e. The van der Waals surface area contributed by atoms with Gasteiger partial charge in [0.1, 0.15) is 6.10 Å². The van der Waals surface area contributed by atoms with Gasteiger partial charge in [-0.05, 0) is 18.1 Å². The molecule has 0 saturated carbocycles. The summed E-state index contributed by atoms with van der Waals surface area (Å²) < 4.78 is 0. The van der Waals surface area contributed by atoms with Gasteiger partial charge in [0, 0.05) is 6.42 Å². The van der Waals surface area contributed by atoms with Crippen LogP contribution in [0, 0.1) is 6.92 Å². The Morgan fingerprint density at radius 2 is 1.67 bits per heavy atom. The minimum Gasteiger partial charge on any atom is -0.381 e. The summed E-state index contributed by atoms with van der Waals surface area (Å²) in [5, 5.41) is 9.96. The van der Waals surface area contributed by atoms with Crippen molar-refractivity contribution in [2.45, 2.75) is 19.4 Å². The normalized spacial score (nSPS) is 12.1. The predicted molar refractivity (Wildman–Crippen MR) is 71.3 cm³/mol. The highest BCUT2D eigenvalue weighted by Crippen LogP contribution is 2.16. The number of hydrogen-bond donors (Lipinski definition) is 1. The van der Waals surface area contributed by atoms with E-state index in [9.17, 15) is 9.90 Å². The standard InChI is InChI=1S/C16H16O2/c1-12-7-9-13(10-8-12)11-15(17)16(18)14-5-3-2-4-6-14/h2-10,16,18H,11H2,1H3. The highest BCUT2D eigenvalue weighted by atomic mass is 16.3. The Morgan fingerprint density at radius 1 is 1.06 bits per heavy atom. The number of ketones is 1. The van der Waals surface area contributed by atoms with Crippen LogP contribution < -0.4 is 0 Å². The fraction of sp³-hybridized carbons (Fsp3) is 0.188. The Labute approximate surface area is 107 Å². The molecule has 1 atom stereocenters. The lowest BCUT2D eigenvalue weighted by molar-refractivity contribution is -0.126. The van der Waals surface area contributed by atoms with Gasteiger partial charge in [0.15, 0.2) is 5.78 Å². The Kier molecular flexibility index (Phi) is 3.90. The van der Waals surface area contributed by atoms with E-state index in [4.69, 9.17) is 0 Å². The van der Waals surface area contributed by atoms with Crippen molar-refractivity contribution in [2.24, 2.45) is 0 Å². The van der Waals surface area contributed by atoms with E-state index >= 15 is 0 Å². The third kappa shape index (κ3) is 3.05. The molecule has 0 aliphatic rings. The second-order valence-corrected chi connectivity index (χ2v) is 4.44. The van der Waals surface area contributed by atoms with Crippen LogP contribution in [0.1, 0.15) is 22.8 Å². The first-order valence-electron chi connectivity index (χ1n) is 5.98. The molecule has 0 aliphatic heterocycles. The zero-order valence-corrected chi connectivity index (χ0v) is 10.3. The predicted octanol–water partition coefficient (Wildman–Crippen LogP) is 2.84. The van der Waals surface area contributed by atoms with E-state index in [0.717, 1.165) is 11.1 Å². The molecule has 0 heterocycles. The third-order valence-electron chi connectivity index (χ3n) is 2.92. The van der Waals surface area contributed by atoms with E-state index in [1.807, 2.05) is 49.4 Å². The summed E-state index contributed by atoms with van der Waals surface area (Å²) >= 11 is 0. The molecule has 2 aromatic rings. The number of carbonyl (C=O) groups excluding carboxylic acids is 1. The van der Waals surface area contributed by atoms with Gasteiger partial charge in [-0.3, -0.25) is 4.79 Å². The molecule has 2 heteroatoms. The smallest absolute Gasteiger partial charge is 0.170 e. The van der Waals surface area contributed by atoms with Gasteiger partial charge in [0.2, 0.25) is 0 Å². The molecule has 1 N–H and O–H groups in total. The van der Waals surface area contributed by atoms with Crippen LogP contribution in [0.15, 0.2) is 54.6 Å². The lowest BCUT2D eigenvalue weighted by atomic mass is 9.99. The van der Waals surface area contributed by atoms with Gasteiger partial charge >= 0.3 is 0 Å². The van der Waals surface area contributed by atoms with E-state index in [-0.39, 0.29) is 12.2 Å². The molecule has 18 heavy (non-hydrogen) atoms. The molecule has 92 valence electrons. The number of aryl methyl sites for hydroxylation is 1. The van der Waals surface area contributed by atoms with Crippen LogP contribution in [-0.4, -0.2) is 10.9 Å². The average Bonchev–Trinajstić information content (AvgIpc) is 2.41. The van der Waals surface area contributed by atoms with Crippen molar-refractivity contribution in [2.75, 3.05) is 0 Å². The summed E-state index contributed by atoms with van der Waals surface area (Å²) in [5.41, 5.74) is 2.74. The molecule has 0 radical (unpaired) electrons. The zero-order chi connectivity index (χ0) is 13.0. The third-order valence-corrected chi connectivity index (χ3v) is 2.92. The van der Waals surface area contributed by atoms with Crippen molar-refractivity contribution >= 4 is 5.78 Å². The minimum absolute atomic E-state index is 0.176. The van der Waals surface area contributed by atoms with Crippen LogP contribution >= 0.6 is 0 Å². The molecule has 1 unspecified atom stereocenters. The van der Waals surface area contributed by atoms with E-state index in [2.05, 4.69) is 0 Å². The van der Waals surface area contributed by atoms with Crippen molar-refractivity contribution in [3.05, 3.63) is 71.3 Å². The first kappa shape index (κ1) is 12.5. The molecule has 0 fully saturated rings. The first-order chi connectivity index (χ1) is 8.66. The summed E-state index contributed by atoms with van der Waals surface area (Å²) in [6.07, 6.45) is -0.774. The molecule has 0 bridgehead atoms. The van der Waals surface area contributed by atoms with E-state index < -0.39 is 6.10 Å². The maximum atomic E-state index is 11.9. The maximum absolute atomic E-state index is 11.9. The van der Waals surface area contributed by atoms with Gasteiger partial charge in [0.25, 0.3) is 0 Å². The van der Waals surface area contributed by atoms with E-state index in [1.54, 1.807) is 12.1 Å². The van der Waals surface area contributed by atoms with Crippen LogP contribution in [0.4, 0.5) is 0 Å². The first-order valence-corrected chi connectivity index (χ1v) is 5.98. The van der Waals surface area contributed by atoms with Gasteiger partial charge < -0.3 is 5.11 Å². The molecule has 0 aliphatic carbocycles. The van der Waals surface area contributed by atoms with Crippen molar-refractivity contribution < 1.29 is 9.90 Å². The summed E-state index contributed by atoms with van der Waals surface area (Å²) in [7, 11) is 0. The lowest BCUT2D eigenvalue weighted by Gasteiger charge is -2.09. The molecule has 0 amide bonds. The monoisotopic (exact) mass is 240 g/mol. The number of carbonyl (C=O) groups is 1. The Balaban J connectivity index is 2.06. The number of hydrogen-bond acceptors (Lipinski definition) is 2. The molecule has 0 aromatic heterocycles. The highest BCUT2D eigenvalue weighted by Gasteiger charge is 2.16. The van der Waals surface area contributed by atoms with Gasteiger partial charge in [-0.2, -0.15) is 0 Å². The molecule has 2 nitrogen and oxygen atoms in total. The quantitative estimate of drug-likeness (QED) is 0.892. The molecular weight excluding hydrogens is 224 g/mol. The summed E-state index contributed by atoms with van der Waals surface area (Å²) in [6.45, 7) is 2.00. The van der Waals surface area contributed by atoms with Crippen LogP contribution in [0.25, 0.3) is 0 Å². The van der Waals surface area contributed by atoms with E-state index in [0.29, 0.717) is 5.56 Å². The molecule has 0 spiro atoms. The summed E-state index contributed by atoms with van der Waals surface area (Å²) in [4.78, 5) is 11.9. The number of aliphatic hydroxyl groups excluding tert-OH is 1. The van der Waals surface area contributed by atoms with Gasteiger partial charge in [-0.25, -0.2) is 0 Å². The van der Waals surface area contributed by atoms with Crippen molar-refractivity contribution in [1.82, 2.24) is 0 Å². The second-order valence-electron chi connectivity index (χ2n) is 4.44. The van der Waals surface area contributed by atoms with Crippen LogP contribution in [-0.2, 0) is 11.2 Å². The van der Waals surface area contributed by atoms with Crippen molar-refractivity contribution in [1.29, 1.82) is 0 Å². The molecule has 0 saturated heterocycles. The Bertz CT molecular complexity index is 515. The van der Waals surface area contributed by atoms with Crippen LogP contribution in [0.3, 0.4) is 0 Å². The van der Waals surface area contributed by atoms with E-state index in [1.165, 1.54) is 0 Å². The Hall–Kier alpha value is -1.93. The summed E-state index contributed by atoms with van der Waals surface area (Å²) in [5.74, 6) is -0.176. The second kappa shape index (κ2) is 5.61.